The summed E-state index contributed by atoms with van der Waals surface area (Å²) in [5.74, 6) is -0.895. The number of hydrogen-bond acceptors (Lipinski definition) is 4. The topological polar surface area (TPSA) is 73.2 Å². The van der Waals surface area contributed by atoms with Crippen molar-refractivity contribution < 1.29 is 9.59 Å². The number of anilines is 2. The largest absolute Gasteiger partial charge is 0.321 e. The molecule has 170 valence electrons. The minimum Gasteiger partial charge on any atom is -0.321 e. The van der Waals surface area contributed by atoms with Crippen LogP contribution in [0.1, 0.15) is 5.56 Å². The molecule has 0 aliphatic carbocycles. The molecular weight excluding hydrogens is 513 g/mol. The van der Waals surface area contributed by atoms with Crippen molar-refractivity contribution in [2.24, 2.45) is 0 Å². The number of hydrogen-bond donors (Lipinski definition) is 1. The standard InChI is InChI=1S/C25H16Cl3N3O2S/c26-16-7-5-8-17(13-16)30-23(32)19(14-29)25-31(18-9-2-1-3-10-18)24(33)21(34-25)12-15-6-4-11-20(27)22(15)28/h1-11,13,21H,12H2,(H,30,32)/b25-19-. The van der Waals surface area contributed by atoms with Crippen LogP contribution in [0.2, 0.25) is 15.1 Å². The van der Waals surface area contributed by atoms with Gasteiger partial charge in [0.1, 0.15) is 16.7 Å². The molecule has 2 amide bonds. The Labute approximate surface area is 215 Å². The fraction of sp³-hybridized carbons (Fsp3) is 0.0800. The molecule has 3 aromatic carbocycles. The molecule has 0 bridgehead atoms. The summed E-state index contributed by atoms with van der Waals surface area (Å²) in [5, 5.41) is 13.5. The van der Waals surface area contributed by atoms with Crippen LogP contribution in [0.5, 0.6) is 0 Å². The Hall–Kier alpha value is -2.95. The zero-order valence-corrected chi connectivity index (χ0v) is 20.6. The normalized spacial score (nSPS) is 16.8. The Bertz CT molecular complexity index is 1340. The Kier molecular flexibility index (Phi) is 7.50. The number of nitrogens with zero attached hydrogens (tertiary/aromatic N) is 2. The molecule has 0 saturated carbocycles. The van der Waals surface area contributed by atoms with Gasteiger partial charge >= 0.3 is 0 Å². The molecule has 1 N–H and O–H groups in total. The van der Waals surface area contributed by atoms with Crippen molar-refractivity contribution in [3.05, 3.63) is 104 Å². The number of thioether (sulfide) groups is 1. The molecule has 3 aromatic rings. The van der Waals surface area contributed by atoms with Crippen LogP contribution >= 0.6 is 46.6 Å². The van der Waals surface area contributed by atoms with Crippen LogP contribution in [0.25, 0.3) is 0 Å². The number of para-hydroxylation sites is 1. The maximum Gasteiger partial charge on any atom is 0.269 e. The monoisotopic (exact) mass is 527 g/mol. The van der Waals surface area contributed by atoms with Gasteiger partial charge in [0.05, 0.1) is 15.3 Å². The lowest BCUT2D eigenvalue weighted by Crippen LogP contribution is -2.30. The van der Waals surface area contributed by atoms with E-state index in [0.29, 0.717) is 32.0 Å². The van der Waals surface area contributed by atoms with Crippen LogP contribution in [0, 0.1) is 11.3 Å². The fourth-order valence-corrected chi connectivity index (χ4v) is 5.35. The second-order valence-corrected chi connectivity index (χ2v) is 9.70. The summed E-state index contributed by atoms with van der Waals surface area (Å²) in [7, 11) is 0. The van der Waals surface area contributed by atoms with Gasteiger partial charge in [0, 0.05) is 16.4 Å². The number of benzene rings is 3. The van der Waals surface area contributed by atoms with Crippen molar-refractivity contribution in [1.82, 2.24) is 0 Å². The molecule has 1 aliphatic heterocycles. The number of nitrogens with one attached hydrogen (secondary N) is 1. The first-order chi connectivity index (χ1) is 16.4. The Morgan fingerprint density at radius 3 is 2.47 bits per heavy atom. The van der Waals surface area contributed by atoms with Crippen molar-refractivity contribution in [3.8, 4) is 6.07 Å². The van der Waals surface area contributed by atoms with E-state index < -0.39 is 11.2 Å². The third kappa shape index (κ3) is 5.08. The summed E-state index contributed by atoms with van der Waals surface area (Å²) in [6.45, 7) is 0. The first-order valence-corrected chi connectivity index (χ1v) is 12.1. The van der Waals surface area contributed by atoms with E-state index in [0.717, 1.165) is 11.8 Å². The maximum atomic E-state index is 13.5. The Balaban J connectivity index is 1.73. The third-order valence-electron chi connectivity index (χ3n) is 5.04. The summed E-state index contributed by atoms with van der Waals surface area (Å²) in [5.41, 5.74) is 1.52. The van der Waals surface area contributed by atoms with Gasteiger partial charge in [-0.25, -0.2) is 0 Å². The predicted octanol–water partition coefficient (Wildman–Crippen LogP) is 6.71. The predicted molar refractivity (Wildman–Crippen MR) is 138 cm³/mol. The van der Waals surface area contributed by atoms with E-state index >= 15 is 0 Å². The molecule has 1 heterocycles. The number of amides is 2. The number of carbonyl (C=O) groups is 2. The van der Waals surface area contributed by atoms with Crippen LogP contribution in [0.3, 0.4) is 0 Å². The molecule has 0 spiro atoms. The van der Waals surface area contributed by atoms with E-state index in [9.17, 15) is 14.9 Å². The quantitative estimate of drug-likeness (QED) is 0.295. The van der Waals surface area contributed by atoms with E-state index in [-0.39, 0.29) is 22.9 Å². The molecule has 1 unspecified atom stereocenters. The molecule has 9 heteroatoms. The van der Waals surface area contributed by atoms with Gasteiger partial charge in [0.25, 0.3) is 5.91 Å². The lowest BCUT2D eigenvalue weighted by molar-refractivity contribution is -0.117. The van der Waals surface area contributed by atoms with Crippen molar-refractivity contribution in [2.75, 3.05) is 10.2 Å². The average Bonchev–Trinajstić information content (AvgIpc) is 3.13. The number of carbonyl (C=O) groups excluding carboxylic acids is 2. The molecule has 4 rings (SSSR count). The molecular formula is C25H16Cl3N3O2S. The highest BCUT2D eigenvalue weighted by Crippen LogP contribution is 2.43. The minimum absolute atomic E-state index is 0.179. The number of nitriles is 1. The SMILES string of the molecule is N#C/C(C(=O)Nc1cccc(Cl)c1)=C1/SC(Cc2cccc(Cl)c2Cl)C(=O)N1c1ccccc1. The molecule has 0 aromatic heterocycles. The molecule has 1 saturated heterocycles. The second-order valence-electron chi connectivity index (χ2n) is 7.29. The Morgan fingerprint density at radius 2 is 1.76 bits per heavy atom. The smallest absolute Gasteiger partial charge is 0.269 e. The summed E-state index contributed by atoms with van der Waals surface area (Å²) < 4.78 is 0. The zero-order chi connectivity index (χ0) is 24.2. The van der Waals surface area contributed by atoms with Crippen LogP contribution in [-0.4, -0.2) is 17.1 Å². The lowest BCUT2D eigenvalue weighted by atomic mass is 10.1. The van der Waals surface area contributed by atoms with E-state index in [1.54, 1.807) is 66.7 Å². The highest BCUT2D eigenvalue weighted by molar-refractivity contribution is 8.05. The van der Waals surface area contributed by atoms with Crippen LogP contribution in [0.15, 0.2) is 83.4 Å². The van der Waals surface area contributed by atoms with E-state index in [2.05, 4.69) is 5.32 Å². The third-order valence-corrected chi connectivity index (χ3v) is 7.40. The fourth-order valence-electron chi connectivity index (χ4n) is 3.46. The van der Waals surface area contributed by atoms with Crippen LogP contribution < -0.4 is 10.2 Å². The van der Waals surface area contributed by atoms with E-state index in [1.807, 2.05) is 12.1 Å². The molecule has 0 radical (unpaired) electrons. The summed E-state index contributed by atoms with van der Waals surface area (Å²) in [6.07, 6.45) is 0.282. The molecule has 5 nitrogen and oxygen atoms in total. The number of rotatable bonds is 5. The molecule has 1 aliphatic rings. The summed E-state index contributed by atoms with van der Waals surface area (Å²) in [6, 6.07) is 22.7. The van der Waals surface area contributed by atoms with Gasteiger partial charge in [-0.15, -0.1) is 0 Å². The Morgan fingerprint density at radius 1 is 1.03 bits per heavy atom. The van der Waals surface area contributed by atoms with E-state index in [4.69, 9.17) is 34.8 Å². The molecule has 1 fully saturated rings. The maximum absolute atomic E-state index is 13.5. The highest BCUT2D eigenvalue weighted by atomic mass is 35.5. The average molecular weight is 529 g/mol. The molecule has 34 heavy (non-hydrogen) atoms. The van der Waals surface area contributed by atoms with E-state index in [1.165, 1.54) is 4.90 Å². The number of halogens is 3. The van der Waals surface area contributed by atoms with Crippen LogP contribution in [-0.2, 0) is 16.0 Å². The molecule has 1 atom stereocenters. The van der Waals surface area contributed by atoms with Gasteiger partial charge in [-0.2, -0.15) is 5.26 Å². The van der Waals surface area contributed by atoms with Crippen molar-refractivity contribution >= 4 is 69.8 Å². The lowest BCUT2D eigenvalue weighted by Gasteiger charge is -2.18. The van der Waals surface area contributed by atoms with Gasteiger partial charge in [0.2, 0.25) is 5.91 Å². The second kappa shape index (κ2) is 10.5. The van der Waals surface area contributed by atoms with Gasteiger partial charge in [-0.1, -0.05) is 83.0 Å². The van der Waals surface area contributed by atoms with Crippen molar-refractivity contribution in [1.29, 1.82) is 5.26 Å². The van der Waals surface area contributed by atoms with Crippen molar-refractivity contribution in [2.45, 2.75) is 11.7 Å². The zero-order valence-electron chi connectivity index (χ0n) is 17.5. The first-order valence-electron chi connectivity index (χ1n) is 10.1. The summed E-state index contributed by atoms with van der Waals surface area (Å²) in [4.78, 5) is 28.0. The van der Waals surface area contributed by atoms with Gasteiger partial charge in [-0.3, -0.25) is 14.5 Å². The van der Waals surface area contributed by atoms with Crippen LogP contribution in [0.4, 0.5) is 11.4 Å². The summed E-state index contributed by atoms with van der Waals surface area (Å²) >= 11 is 19.6. The highest BCUT2D eigenvalue weighted by Gasteiger charge is 2.41. The van der Waals surface area contributed by atoms with Gasteiger partial charge in [-0.05, 0) is 48.4 Å². The first kappa shape index (κ1) is 24.2. The van der Waals surface area contributed by atoms with Gasteiger partial charge < -0.3 is 5.32 Å². The van der Waals surface area contributed by atoms with Crippen molar-refractivity contribution in [3.63, 3.8) is 0 Å². The van der Waals surface area contributed by atoms with Gasteiger partial charge in [0.15, 0.2) is 0 Å². The minimum atomic E-state index is -0.637.